The Bertz CT molecular complexity index is 951. The van der Waals surface area contributed by atoms with Crippen LogP contribution in [0.3, 0.4) is 0 Å². The molecule has 28 heavy (non-hydrogen) atoms. The van der Waals surface area contributed by atoms with Crippen LogP contribution in [0.2, 0.25) is 0 Å². The van der Waals surface area contributed by atoms with Crippen molar-refractivity contribution in [2.45, 2.75) is 13.0 Å². The third kappa shape index (κ3) is 4.62. The topological polar surface area (TPSA) is 82.8 Å². The molecule has 7 nitrogen and oxygen atoms in total. The molecular weight excluding hydrogens is 360 g/mol. The average Bonchev–Trinajstić information content (AvgIpc) is 3.20. The highest BCUT2D eigenvalue weighted by atomic mass is 16.5. The first-order chi connectivity index (χ1) is 13.6. The first-order valence-electron chi connectivity index (χ1n) is 8.70. The molecule has 3 rings (SSSR count). The molecule has 0 aliphatic heterocycles. The van der Waals surface area contributed by atoms with Gasteiger partial charge in [0.1, 0.15) is 17.2 Å². The SMILES string of the molecule is COc1cccc(Cc2cc(C(=O)NCc3cc(OC)ccc3OC)on2)c1. The van der Waals surface area contributed by atoms with Crippen molar-refractivity contribution in [1.82, 2.24) is 10.5 Å². The fourth-order valence-electron chi connectivity index (χ4n) is 2.78. The third-order valence-corrected chi connectivity index (χ3v) is 4.23. The Hall–Kier alpha value is -3.48. The second kappa shape index (κ2) is 8.94. The molecule has 1 amide bonds. The van der Waals surface area contributed by atoms with Crippen LogP contribution in [0, 0.1) is 0 Å². The second-order valence-corrected chi connectivity index (χ2v) is 6.07. The number of carbonyl (C=O) groups is 1. The van der Waals surface area contributed by atoms with Gasteiger partial charge in [-0.05, 0) is 35.9 Å². The van der Waals surface area contributed by atoms with Crippen LogP contribution in [0.1, 0.15) is 27.4 Å². The minimum absolute atomic E-state index is 0.153. The molecule has 0 spiro atoms. The monoisotopic (exact) mass is 382 g/mol. The lowest BCUT2D eigenvalue weighted by atomic mass is 10.1. The lowest BCUT2D eigenvalue weighted by Crippen LogP contribution is -2.22. The summed E-state index contributed by atoms with van der Waals surface area (Å²) < 4.78 is 20.9. The summed E-state index contributed by atoms with van der Waals surface area (Å²) in [5, 5.41) is 6.79. The predicted molar refractivity (Wildman–Crippen MR) is 103 cm³/mol. The Labute approximate surface area is 163 Å². The van der Waals surface area contributed by atoms with Crippen LogP contribution in [0.5, 0.6) is 17.2 Å². The molecule has 0 fully saturated rings. The van der Waals surface area contributed by atoms with Gasteiger partial charge in [0.05, 0.1) is 27.0 Å². The fraction of sp³-hybridized carbons (Fsp3) is 0.238. The highest BCUT2D eigenvalue weighted by Gasteiger charge is 2.14. The van der Waals surface area contributed by atoms with Crippen LogP contribution < -0.4 is 19.5 Å². The molecule has 0 atom stereocenters. The minimum atomic E-state index is -0.353. The van der Waals surface area contributed by atoms with Crippen molar-refractivity contribution in [3.05, 3.63) is 71.1 Å². The first kappa shape index (κ1) is 19.3. The molecule has 0 bridgehead atoms. The highest BCUT2D eigenvalue weighted by Crippen LogP contribution is 2.24. The molecule has 0 unspecified atom stereocenters. The summed E-state index contributed by atoms with van der Waals surface area (Å²) in [5.74, 6) is 1.92. The van der Waals surface area contributed by atoms with E-state index in [0.717, 1.165) is 16.9 Å². The number of benzene rings is 2. The molecule has 7 heteroatoms. The van der Waals surface area contributed by atoms with Gasteiger partial charge in [-0.25, -0.2) is 0 Å². The number of carbonyl (C=O) groups excluding carboxylic acids is 1. The van der Waals surface area contributed by atoms with Crippen LogP contribution in [-0.2, 0) is 13.0 Å². The number of rotatable bonds is 8. The lowest BCUT2D eigenvalue weighted by molar-refractivity contribution is 0.0913. The number of hydrogen-bond acceptors (Lipinski definition) is 6. The maximum absolute atomic E-state index is 12.4. The standard InChI is InChI=1S/C21H22N2O5/c1-25-17-6-4-5-14(10-17)9-16-12-20(28-23-16)21(24)22-13-15-11-18(26-2)7-8-19(15)27-3/h4-8,10-12H,9,13H2,1-3H3,(H,22,24). The van der Waals surface area contributed by atoms with Crippen molar-refractivity contribution in [3.8, 4) is 17.2 Å². The minimum Gasteiger partial charge on any atom is -0.497 e. The molecular formula is C21H22N2O5. The molecule has 146 valence electrons. The summed E-state index contributed by atoms with van der Waals surface area (Å²) >= 11 is 0. The number of hydrogen-bond donors (Lipinski definition) is 1. The molecule has 0 saturated heterocycles. The Balaban J connectivity index is 1.64. The van der Waals surface area contributed by atoms with Crippen LogP contribution in [-0.4, -0.2) is 32.4 Å². The molecule has 0 aliphatic rings. The summed E-state index contributed by atoms with van der Waals surface area (Å²) in [5.41, 5.74) is 2.48. The van der Waals surface area contributed by atoms with Gasteiger partial charge in [-0.1, -0.05) is 17.3 Å². The number of methoxy groups -OCH3 is 3. The van der Waals surface area contributed by atoms with Gasteiger partial charge in [0.15, 0.2) is 0 Å². The van der Waals surface area contributed by atoms with Crippen molar-refractivity contribution >= 4 is 5.91 Å². The lowest BCUT2D eigenvalue weighted by Gasteiger charge is -2.10. The quantitative estimate of drug-likeness (QED) is 0.644. The molecule has 1 aromatic heterocycles. The maximum atomic E-state index is 12.4. The summed E-state index contributed by atoms with van der Waals surface area (Å²) in [6.07, 6.45) is 0.539. The molecule has 3 aromatic rings. The van der Waals surface area contributed by atoms with Crippen molar-refractivity contribution in [1.29, 1.82) is 0 Å². The van der Waals surface area contributed by atoms with E-state index < -0.39 is 0 Å². The average molecular weight is 382 g/mol. The van der Waals surface area contributed by atoms with Crippen molar-refractivity contribution in [2.75, 3.05) is 21.3 Å². The number of ether oxygens (including phenoxy) is 3. The van der Waals surface area contributed by atoms with Gasteiger partial charge >= 0.3 is 0 Å². The number of nitrogens with one attached hydrogen (secondary N) is 1. The van der Waals surface area contributed by atoms with E-state index in [1.54, 1.807) is 39.5 Å². The van der Waals surface area contributed by atoms with Crippen LogP contribution >= 0.6 is 0 Å². The van der Waals surface area contributed by atoms with Gasteiger partial charge < -0.3 is 24.1 Å². The molecule has 0 radical (unpaired) electrons. The zero-order valence-corrected chi connectivity index (χ0v) is 16.0. The van der Waals surface area contributed by atoms with E-state index in [9.17, 15) is 4.79 Å². The zero-order valence-electron chi connectivity index (χ0n) is 16.0. The molecule has 0 aliphatic carbocycles. The Kier molecular flexibility index (Phi) is 6.16. The van der Waals surface area contributed by atoms with E-state index in [4.69, 9.17) is 18.7 Å². The smallest absolute Gasteiger partial charge is 0.290 e. The van der Waals surface area contributed by atoms with Crippen molar-refractivity contribution in [3.63, 3.8) is 0 Å². The largest absolute Gasteiger partial charge is 0.497 e. The van der Waals surface area contributed by atoms with E-state index in [0.29, 0.717) is 23.6 Å². The number of aromatic nitrogens is 1. The predicted octanol–water partition coefficient (Wildman–Crippen LogP) is 3.22. The van der Waals surface area contributed by atoms with Gasteiger partial charge in [0.2, 0.25) is 5.76 Å². The third-order valence-electron chi connectivity index (χ3n) is 4.23. The summed E-state index contributed by atoms with van der Waals surface area (Å²) in [6.45, 7) is 0.269. The van der Waals surface area contributed by atoms with Crippen molar-refractivity contribution < 1.29 is 23.5 Å². The van der Waals surface area contributed by atoms with E-state index in [1.807, 2.05) is 30.3 Å². The summed E-state index contributed by atoms with van der Waals surface area (Å²) in [6, 6.07) is 14.7. The zero-order chi connectivity index (χ0) is 19.9. The number of amides is 1. The van der Waals surface area contributed by atoms with E-state index in [2.05, 4.69) is 10.5 Å². The van der Waals surface area contributed by atoms with Gasteiger partial charge in [-0.15, -0.1) is 0 Å². The Morgan fingerprint density at radius 1 is 1.00 bits per heavy atom. The maximum Gasteiger partial charge on any atom is 0.290 e. The van der Waals surface area contributed by atoms with Crippen LogP contribution in [0.15, 0.2) is 53.1 Å². The van der Waals surface area contributed by atoms with Crippen molar-refractivity contribution in [2.24, 2.45) is 0 Å². The van der Waals surface area contributed by atoms with E-state index in [1.165, 1.54) is 0 Å². The highest BCUT2D eigenvalue weighted by molar-refractivity contribution is 5.91. The van der Waals surface area contributed by atoms with Crippen LogP contribution in [0.25, 0.3) is 0 Å². The Morgan fingerprint density at radius 3 is 2.54 bits per heavy atom. The summed E-state index contributed by atoms with van der Waals surface area (Å²) in [7, 11) is 4.78. The van der Waals surface area contributed by atoms with E-state index >= 15 is 0 Å². The molecule has 0 saturated carbocycles. The van der Waals surface area contributed by atoms with Gasteiger partial charge in [0, 0.05) is 24.6 Å². The normalized spacial score (nSPS) is 10.4. The van der Waals surface area contributed by atoms with Gasteiger partial charge in [-0.3, -0.25) is 4.79 Å². The van der Waals surface area contributed by atoms with Gasteiger partial charge in [-0.2, -0.15) is 0 Å². The van der Waals surface area contributed by atoms with E-state index in [-0.39, 0.29) is 18.2 Å². The molecule has 1 N–H and O–H groups in total. The molecule has 2 aromatic carbocycles. The van der Waals surface area contributed by atoms with Crippen LogP contribution in [0.4, 0.5) is 0 Å². The number of nitrogens with zero attached hydrogens (tertiary/aromatic N) is 1. The summed E-state index contributed by atoms with van der Waals surface area (Å²) in [4.78, 5) is 12.4. The second-order valence-electron chi connectivity index (χ2n) is 6.07. The first-order valence-corrected chi connectivity index (χ1v) is 8.70. The van der Waals surface area contributed by atoms with Gasteiger partial charge in [0.25, 0.3) is 5.91 Å². The fourth-order valence-corrected chi connectivity index (χ4v) is 2.78. The molecule has 1 heterocycles. The Morgan fingerprint density at radius 2 is 1.79 bits per heavy atom.